The Labute approximate surface area is 109 Å². The Morgan fingerprint density at radius 2 is 2.22 bits per heavy atom. The zero-order valence-corrected chi connectivity index (χ0v) is 10.7. The molecular weight excluding hydrogens is 257 g/mol. The van der Waals surface area contributed by atoms with E-state index in [1.165, 1.54) is 6.20 Å². The zero-order valence-electron chi connectivity index (χ0n) is 9.91. The van der Waals surface area contributed by atoms with Gasteiger partial charge < -0.3 is 9.73 Å². The molecule has 2 heterocycles. The van der Waals surface area contributed by atoms with Gasteiger partial charge in [0, 0.05) is 12.6 Å². The molecule has 0 aliphatic carbocycles. The number of nitrogens with zero attached hydrogens (tertiary/aromatic N) is 2. The van der Waals surface area contributed by atoms with Gasteiger partial charge in [0.25, 0.3) is 0 Å². The quantitative estimate of drug-likeness (QED) is 0.903. The molecule has 0 fully saturated rings. The molecule has 0 aliphatic heterocycles. The van der Waals surface area contributed by atoms with Gasteiger partial charge in [-0.15, -0.1) is 0 Å². The third-order valence-electron chi connectivity index (χ3n) is 2.36. The first-order valence-corrected chi connectivity index (χ1v) is 6.05. The highest BCUT2D eigenvalue weighted by Crippen LogP contribution is 2.23. The molecule has 0 atom stereocenters. The van der Waals surface area contributed by atoms with Gasteiger partial charge in [0.05, 0.1) is 29.6 Å². The van der Waals surface area contributed by atoms with Crippen molar-refractivity contribution in [1.29, 1.82) is 0 Å². The zero-order chi connectivity index (χ0) is 13.0. The molecule has 0 unspecified atom stereocenters. The summed E-state index contributed by atoms with van der Waals surface area (Å²) in [5.41, 5.74) is 0.222. The van der Waals surface area contributed by atoms with Gasteiger partial charge >= 0.3 is 0 Å². The third kappa shape index (κ3) is 2.98. The lowest BCUT2D eigenvalue weighted by Crippen LogP contribution is -2.01. The van der Waals surface area contributed by atoms with E-state index in [2.05, 4.69) is 15.3 Å². The van der Waals surface area contributed by atoms with Crippen molar-refractivity contribution in [1.82, 2.24) is 9.97 Å². The van der Waals surface area contributed by atoms with Gasteiger partial charge in [-0.25, -0.2) is 9.37 Å². The van der Waals surface area contributed by atoms with E-state index >= 15 is 0 Å². The highest BCUT2D eigenvalue weighted by Gasteiger charge is 2.09. The number of hydrogen-bond acceptors (Lipinski definition) is 4. The predicted octanol–water partition coefficient (Wildman–Crippen LogP) is 3.43. The largest absolute Gasteiger partial charge is 0.444 e. The second-order valence-electron chi connectivity index (χ2n) is 3.80. The average Bonchev–Trinajstić information content (AvgIpc) is 2.77. The van der Waals surface area contributed by atoms with Gasteiger partial charge in [0.15, 0.2) is 11.7 Å². The summed E-state index contributed by atoms with van der Waals surface area (Å²) in [6, 6.07) is 0. The Balaban J connectivity index is 2.02. The fourth-order valence-corrected chi connectivity index (χ4v) is 1.73. The second-order valence-corrected chi connectivity index (χ2v) is 4.21. The van der Waals surface area contributed by atoms with Gasteiger partial charge in [-0.3, -0.25) is 4.98 Å². The van der Waals surface area contributed by atoms with E-state index in [1.807, 2.05) is 6.92 Å². The van der Waals surface area contributed by atoms with Crippen LogP contribution in [0.3, 0.4) is 0 Å². The van der Waals surface area contributed by atoms with Crippen molar-refractivity contribution in [2.24, 2.45) is 0 Å². The molecule has 0 amide bonds. The summed E-state index contributed by atoms with van der Waals surface area (Å²) in [5.74, 6) is 0.845. The summed E-state index contributed by atoms with van der Waals surface area (Å²) in [6.45, 7) is 2.38. The van der Waals surface area contributed by atoms with Crippen LogP contribution in [0.15, 0.2) is 23.0 Å². The molecular formula is C12H13ClFN3O. The molecule has 18 heavy (non-hydrogen) atoms. The first-order valence-electron chi connectivity index (χ1n) is 5.67. The van der Waals surface area contributed by atoms with Crippen LogP contribution in [-0.4, -0.2) is 9.97 Å². The van der Waals surface area contributed by atoms with Crippen molar-refractivity contribution in [3.63, 3.8) is 0 Å². The van der Waals surface area contributed by atoms with E-state index in [0.717, 1.165) is 19.0 Å². The number of nitrogens with one attached hydrogen (secondary N) is 1. The second kappa shape index (κ2) is 5.82. The topological polar surface area (TPSA) is 51.0 Å². The summed E-state index contributed by atoms with van der Waals surface area (Å²) < 4.78 is 18.9. The van der Waals surface area contributed by atoms with Crippen molar-refractivity contribution in [2.75, 3.05) is 5.32 Å². The minimum absolute atomic E-state index is 0.222. The summed E-state index contributed by atoms with van der Waals surface area (Å²) in [6.07, 6.45) is 5.89. The highest BCUT2D eigenvalue weighted by atomic mass is 35.5. The van der Waals surface area contributed by atoms with E-state index in [1.54, 1.807) is 6.20 Å². The lowest BCUT2D eigenvalue weighted by atomic mass is 10.3. The van der Waals surface area contributed by atoms with Gasteiger partial charge in [-0.1, -0.05) is 18.5 Å². The minimum atomic E-state index is -0.490. The molecule has 96 valence electrons. The number of pyridine rings is 1. The molecule has 0 saturated heterocycles. The van der Waals surface area contributed by atoms with E-state index in [0.29, 0.717) is 18.2 Å². The van der Waals surface area contributed by atoms with Crippen LogP contribution in [0.25, 0.3) is 0 Å². The maximum atomic E-state index is 13.4. The SMILES string of the molecule is CCCc1ncc(CNc2c(F)cncc2Cl)o1. The first-order chi connectivity index (χ1) is 8.70. The van der Waals surface area contributed by atoms with E-state index in [-0.39, 0.29) is 10.7 Å². The predicted molar refractivity (Wildman–Crippen MR) is 67.0 cm³/mol. The van der Waals surface area contributed by atoms with Crippen molar-refractivity contribution in [2.45, 2.75) is 26.3 Å². The van der Waals surface area contributed by atoms with Crippen LogP contribution < -0.4 is 5.32 Å². The molecule has 2 aromatic heterocycles. The molecule has 4 nitrogen and oxygen atoms in total. The average molecular weight is 270 g/mol. The molecule has 6 heteroatoms. The fourth-order valence-electron chi connectivity index (χ4n) is 1.51. The smallest absolute Gasteiger partial charge is 0.194 e. The van der Waals surface area contributed by atoms with Crippen LogP contribution in [0, 0.1) is 5.82 Å². The van der Waals surface area contributed by atoms with E-state index in [9.17, 15) is 4.39 Å². The van der Waals surface area contributed by atoms with Crippen molar-refractivity contribution in [3.05, 3.63) is 41.1 Å². The molecule has 0 spiro atoms. The first kappa shape index (κ1) is 12.8. The summed E-state index contributed by atoms with van der Waals surface area (Å²) in [4.78, 5) is 7.76. The van der Waals surface area contributed by atoms with Crippen LogP contribution in [-0.2, 0) is 13.0 Å². The normalized spacial score (nSPS) is 10.6. The van der Waals surface area contributed by atoms with Gasteiger partial charge in [0.2, 0.25) is 0 Å². The van der Waals surface area contributed by atoms with Crippen LogP contribution in [0.1, 0.15) is 25.0 Å². The standard InChI is InChI=1S/C12H13ClFN3O/c1-2-3-11-16-4-8(18-11)5-17-12-9(13)6-15-7-10(12)14/h4,6-7H,2-3,5H2,1H3,(H,15,17). The van der Waals surface area contributed by atoms with Crippen molar-refractivity contribution < 1.29 is 8.81 Å². The molecule has 0 saturated carbocycles. The monoisotopic (exact) mass is 269 g/mol. The Kier molecular flexibility index (Phi) is 4.15. The van der Waals surface area contributed by atoms with Crippen LogP contribution in [0.2, 0.25) is 5.02 Å². The van der Waals surface area contributed by atoms with Gasteiger partial charge in [-0.2, -0.15) is 0 Å². The summed E-state index contributed by atoms with van der Waals surface area (Å²) in [5, 5.41) is 3.11. The summed E-state index contributed by atoms with van der Waals surface area (Å²) in [7, 11) is 0. The van der Waals surface area contributed by atoms with Gasteiger partial charge in [-0.05, 0) is 6.42 Å². The molecule has 0 bridgehead atoms. The lowest BCUT2D eigenvalue weighted by molar-refractivity contribution is 0.457. The Morgan fingerprint density at radius 3 is 2.94 bits per heavy atom. The molecule has 2 rings (SSSR count). The third-order valence-corrected chi connectivity index (χ3v) is 2.64. The van der Waals surface area contributed by atoms with Gasteiger partial charge in [0.1, 0.15) is 5.76 Å². The molecule has 0 aliphatic rings. The van der Waals surface area contributed by atoms with E-state index < -0.39 is 5.82 Å². The van der Waals surface area contributed by atoms with Crippen LogP contribution in [0.5, 0.6) is 0 Å². The lowest BCUT2D eigenvalue weighted by Gasteiger charge is -2.06. The van der Waals surface area contributed by atoms with Crippen LogP contribution >= 0.6 is 11.6 Å². The number of halogens is 2. The Hall–Kier alpha value is -1.62. The van der Waals surface area contributed by atoms with E-state index in [4.69, 9.17) is 16.0 Å². The van der Waals surface area contributed by atoms with Crippen molar-refractivity contribution in [3.8, 4) is 0 Å². The summed E-state index contributed by atoms with van der Waals surface area (Å²) >= 11 is 5.84. The Morgan fingerprint density at radius 1 is 1.39 bits per heavy atom. The highest BCUT2D eigenvalue weighted by molar-refractivity contribution is 6.33. The number of rotatable bonds is 5. The minimum Gasteiger partial charge on any atom is -0.444 e. The molecule has 0 radical (unpaired) electrons. The number of hydrogen-bond donors (Lipinski definition) is 1. The number of anilines is 1. The number of aromatic nitrogens is 2. The molecule has 0 aromatic carbocycles. The number of oxazole rings is 1. The van der Waals surface area contributed by atoms with Crippen molar-refractivity contribution >= 4 is 17.3 Å². The Bertz CT molecular complexity index is 510. The maximum absolute atomic E-state index is 13.4. The molecule has 1 N–H and O–H groups in total. The molecule has 2 aromatic rings. The van der Waals surface area contributed by atoms with Crippen LogP contribution in [0.4, 0.5) is 10.1 Å². The number of aryl methyl sites for hydroxylation is 1. The fraction of sp³-hybridized carbons (Fsp3) is 0.333. The maximum Gasteiger partial charge on any atom is 0.194 e.